The van der Waals surface area contributed by atoms with E-state index >= 15 is 0 Å². The van der Waals surface area contributed by atoms with Gasteiger partial charge in [0.1, 0.15) is 5.56 Å². The first-order chi connectivity index (χ1) is 7.84. The van der Waals surface area contributed by atoms with Crippen molar-refractivity contribution in [2.75, 3.05) is 0 Å². The van der Waals surface area contributed by atoms with E-state index in [1.165, 1.54) is 0 Å². The zero-order valence-electron chi connectivity index (χ0n) is 8.06. The maximum Gasteiger partial charge on any atom is 0.317 e. The minimum Gasteiger partial charge on any atom is -0.481 e. The molecule has 9 heteroatoms. The molecule has 0 saturated heterocycles. The summed E-state index contributed by atoms with van der Waals surface area (Å²) >= 11 is 0. The summed E-state index contributed by atoms with van der Waals surface area (Å²) < 4.78 is 38.1. The van der Waals surface area contributed by atoms with Crippen LogP contribution in [0.3, 0.4) is 0 Å². The molecular weight excluding hydrogens is 245 g/mol. The second-order valence-electron chi connectivity index (χ2n) is 2.95. The third kappa shape index (κ3) is 2.68. The Hall–Kier alpha value is -2.19. The van der Waals surface area contributed by atoms with Crippen molar-refractivity contribution in [3.05, 3.63) is 33.4 Å². The first-order valence-corrected chi connectivity index (χ1v) is 4.16. The molecule has 92 valence electrons. The van der Waals surface area contributed by atoms with Gasteiger partial charge in [-0.2, -0.15) is 4.39 Å². The fraction of sp³-hybridized carbons (Fsp3) is 0.250. The van der Waals surface area contributed by atoms with Crippen LogP contribution in [0.25, 0.3) is 0 Å². The highest BCUT2D eigenvalue weighted by Crippen LogP contribution is 2.31. The van der Waals surface area contributed by atoms with Gasteiger partial charge in [-0.15, -0.1) is 0 Å². The Morgan fingerprint density at radius 2 is 2.18 bits per heavy atom. The molecule has 0 saturated carbocycles. The quantitative estimate of drug-likeness (QED) is 0.648. The Morgan fingerprint density at radius 3 is 2.59 bits per heavy atom. The van der Waals surface area contributed by atoms with Crippen molar-refractivity contribution in [1.82, 2.24) is 4.98 Å². The highest BCUT2D eigenvalue weighted by Gasteiger charge is 2.30. The minimum atomic E-state index is -3.27. The fourth-order valence-corrected chi connectivity index (χ4v) is 1.14. The smallest absolute Gasteiger partial charge is 0.317 e. The monoisotopic (exact) mass is 250 g/mol. The lowest BCUT2D eigenvalue weighted by Crippen LogP contribution is -2.09. The van der Waals surface area contributed by atoms with Gasteiger partial charge >= 0.3 is 11.7 Å². The Balaban J connectivity index is 3.38. The molecule has 0 bridgehead atoms. The summed E-state index contributed by atoms with van der Waals surface area (Å²) in [5, 5.41) is 18.8. The van der Waals surface area contributed by atoms with Crippen LogP contribution in [0, 0.1) is 15.9 Å². The number of alkyl halides is 2. The maximum absolute atomic E-state index is 13.4. The number of halogens is 3. The molecule has 17 heavy (non-hydrogen) atoms. The predicted molar refractivity (Wildman–Crippen MR) is 47.1 cm³/mol. The number of carboxylic acid groups (broad SMARTS) is 1. The topological polar surface area (TPSA) is 93.3 Å². The molecule has 1 heterocycles. The van der Waals surface area contributed by atoms with Crippen LogP contribution in [0.15, 0.2) is 6.20 Å². The lowest BCUT2D eigenvalue weighted by Gasteiger charge is -2.04. The van der Waals surface area contributed by atoms with E-state index in [1.807, 2.05) is 0 Å². The molecule has 0 aliphatic heterocycles. The van der Waals surface area contributed by atoms with Gasteiger partial charge in [0.15, 0.2) is 0 Å². The number of nitro groups is 1. The number of nitrogens with zero attached hydrogens (tertiary/aromatic N) is 2. The molecule has 1 aromatic rings. The number of carboxylic acids is 1. The normalized spacial score (nSPS) is 10.6. The van der Waals surface area contributed by atoms with Crippen LogP contribution in [-0.2, 0) is 11.2 Å². The van der Waals surface area contributed by atoms with E-state index in [0.717, 1.165) is 0 Å². The van der Waals surface area contributed by atoms with E-state index in [4.69, 9.17) is 5.11 Å². The Bertz CT molecular complexity index is 478. The summed E-state index contributed by atoms with van der Waals surface area (Å²) in [4.78, 5) is 22.6. The van der Waals surface area contributed by atoms with Gasteiger partial charge in [-0.05, 0) is 0 Å². The van der Waals surface area contributed by atoms with Crippen LogP contribution in [-0.4, -0.2) is 21.0 Å². The Morgan fingerprint density at radius 1 is 1.59 bits per heavy atom. The molecule has 0 unspecified atom stereocenters. The van der Waals surface area contributed by atoms with Crippen LogP contribution in [0.1, 0.15) is 17.7 Å². The number of hydrogen-bond donors (Lipinski definition) is 1. The van der Waals surface area contributed by atoms with E-state index < -0.39 is 46.5 Å². The second-order valence-corrected chi connectivity index (χ2v) is 2.95. The van der Waals surface area contributed by atoms with E-state index in [0.29, 0.717) is 6.20 Å². The molecule has 6 nitrogen and oxygen atoms in total. The minimum absolute atomic E-state index is 0.407. The van der Waals surface area contributed by atoms with Crippen molar-refractivity contribution in [3.8, 4) is 0 Å². The molecule has 0 fully saturated rings. The van der Waals surface area contributed by atoms with Gasteiger partial charge in [0, 0.05) is 6.20 Å². The Kier molecular flexibility index (Phi) is 3.61. The highest BCUT2D eigenvalue weighted by molar-refractivity contribution is 5.70. The molecular formula is C8H5F3N2O4. The van der Waals surface area contributed by atoms with E-state index in [2.05, 4.69) is 4.98 Å². The number of rotatable bonds is 4. The van der Waals surface area contributed by atoms with Crippen molar-refractivity contribution in [2.24, 2.45) is 0 Å². The van der Waals surface area contributed by atoms with Crippen molar-refractivity contribution in [1.29, 1.82) is 0 Å². The third-order valence-corrected chi connectivity index (χ3v) is 1.83. The average Bonchev–Trinajstić information content (AvgIpc) is 2.19. The lowest BCUT2D eigenvalue weighted by atomic mass is 10.1. The first kappa shape index (κ1) is 12.9. The van der Waals surface area contributed by atoms with Gasteiger partial charge in [0.2, 0.25) is 5.82 Å². The van der Waals surface area contributed by atoms with E-state index in [-0.39, 0.29) is 0 Å². The largest absolute Gasteiger partial charge is 0.481 e. The molecule has 0 aliphatic carbocycles. The Labute approximate surface area is 91.9 Å². The predicted octanol–water partition coefficient (Wildman–Crippen LogP) is 1.69. The molecule has 1 N–H and O–H groups in total. The van der Waals surface area contributed by atoms with Crippen molar-refractivity contribution >= 4 is 11.7 Å². The van der Waals surface area contributed by atoms with Crippen LogP contribution >= 0.6 is 0 Å². The molecule has 0 aromatic carbocycles. The molecule has 0 spiro atoms. The number of aromatic nitrogens is 1. The summed E-state index contributed by atoms with van der Waals surface area (Å²) in [5.74, 6) is -3.12. The van der Waals surface area contributed by atoms with E-state index in [1.54, 1.807) is 0 Å². The number of carbonyl (C=O) groups is 1. The van der Waals surface area contributed by atoms with Gasteiger partial charge in [-0.1, -0.05) is 0 Å². The summed E-state index contributed by atoms with van der Waals surface area (Å²) in [6.45, 7) is 0. The van der Waals surface area contributed by atoms with Crippen molar-refractivity contribution < 1.29 is 28.0 Å². The highest BCUT2D eigenvalue weighted by atomic mass is 19.3. The van der Waals surface area contributed by atoms with Crippen molar-refractivity contribution in [3.63, 3.8) is 0 Å². The molecule has 0 radical (unpaired) electrons. The maximum atomic E-state index is 13.4. The van der Waals surface area contributed by atoms with Crippen LogP contribution < -0.4 is 0 Å². The zero-order chi connectivity index (χ0) is 13.2. The van der Waals surface area contributed by atoms with Gasteiger partial charge in [-0.3, -0.25) is 19.9 Å². The van der Waals surface area contributed by atoms with Gasteiger partial charge in [0.05, 0.1) is 17.0 Å². The average molecular weight is 250 g/mol. The summed E-state index contributed by atoms with van der Waals surface area (Å²) in [6.07, 6.45) is -3.78. The van der Waals surface area contributed by atoms with Gasteiger partial charge < -0.3 is 5.11 Å². The van der Waals surface area contributed by atoms with E-state index in [9.17, 15) is 28.1 Å². The number of pyridine rings is 1. The summed E-state index contributed by atoms with van der Waals surface area (Å²) in [7, 11) is 0. The second kappa shape index (κ2) is 4.76. The van der Waals surface area contributed by atoms with Crippen LogP contribution in [0.5, 0.6) is 0 Å². The third-order valence-electron chi connectivity index (χ3n) is 1.83. The van der Waals surface area contributed by atoms with Crippen LogP contribution in [0.2, 0.25) is 0 Å². The molecule has 0 amide bonds. The molecule has 1 aromatic heterocycles. The van der Waals surface area contributed by atoms with Gasteiger partial charge in [-0.25, -0.2) is 8.78 Å². The molecule has 1 rings (SSSR count). The van der Waals surface area contributed by atoms with Crippen molar-refractivity contribution in [2.45, 2.75) is 12.8 Å². The first-order valence-electron chi connectivity index (χ1n) is 4.16. The SMILES string of the molecule is O=C(O)Cc1ncc(C(F)F)c([N+](=O)[O-])c1F. The number of aliphatic carboxylic acids is 1. The van der Waals surface area contributed by atoms with Gasteiger partial charge in [0.25, 0.3) is 6.43 Å². The molecule has 0 atom stereocenters. The van der Waals surface area contributed by atoms with Crippen LogP contribution in [0.4, 0.5) is 18.9 Å². The number of hydrogen-bond acceptors (Lipinski definition) is 4. The summed E-state index contributed by atoms with van der Waals surface area (Å²) in [6, 6.07) is 0. The zero-order valence-corrected chi connectivity index (χ0v) is 8.06. The molecule has 0 aliphatic rings. The standard InChI is InChI=1S/C8H5F3N2O4/c9-6-4(1-5(14)15)12-2-3(8(10)11)7(6)13(16)17/h2,8H,1H2,(H,14,15). The fourth-order valence-electron chi connectivity index (χ4n) is 1.14. The lowest BCUT2D eigenvalue weighted by molar-refractivity contribution is -0.389. The summed E-state index contributed by atoms with van der Waals surface area (Å²) in [5.41, 5.74) is -3.37.